The number of halogens is 1. The topological polar surface area (TPSA) is 65.1 Å². The van der Waals surface area contributed by atoms with Gasteiger partial charge in [-0.2, -0.15) is 0 Å². The van der Waals surface area contributed by atoms with Gasteiger partial charge >= 0.3 is 0 Å². The fraction of sp³-hybridized carbons (Fsp3) is 0.250. The van der Waals surface area contributed by atoms with Crippen molar-refractivity contribution in [2.75, 3.05) is 36.8 Å². The van der Waals surface area contributed by atoms with Crippen molar-refractivity contribution in [1.82, 2.24) is 20.1 Å². The highest BCUT2D eigenvalue weighted by atomic mass is 32.2. The summed E-state index contributed by atoms with van der Waals surface area (Å²) in [6, 6.07) is 10.8. The SMILES string of the molecule is O=C(CSc1n[nH]c(/C=C/c2cccs2)n1)N1CCN(c2ccccc2F)CC1. The third-order valence-corrected chi connectivity index (χ3v) is 6.25. The average Bonchev–Trinajstić information content (AvgIpc) is 3.43. The Hall–Kier alpha value is -2.65. The lowest BCUT2D eigenvalue weighted by atomic mass is 10.2. The molecule has 0 saturated carbocycles. The molecule has 0 atom stereocenters. The van der Waals surface area contributed by atoms with Gasteiger partial charge in [-0.05, 0) is 35.7 Å². The van der Waals surface area contributed by atoms with Crippen LogP contribution < -0.4 is 4.90 Å². The lowest BCUT2D eigenvalue weighted by molar-refractivity contribution is -0.128. The first-order chi connectivity index (χ1) is 14.2. The monoisotopic (exact) mass is 429 g/mol. The van der Waals surface area contributed by atoms with E-state index >= 15 is 0 Å². The number of hydrogen-bond donors (Lipinski definition) is 1. The highest BCUT2D eigenvalue weighted by Crippen LogP contribution is 2.21. The van der Waals surface area contributed by atoms with Crippen molar-refractivity contribution in [2.45, 2.75) is 5.16 Å². The Bertz CT molecular complexity index is 980. The van der Waals surface area contributed by atoms with Crippen molar-refractivity contribution < 1.29 is 9.18 Å². The fourth-order valence-corrected chi connectivity index (χ4v) is 4.39. The van der Waals surface area contributed by atoms with Crippen LogP contribution in [-0.2, 0) is 4.79 Å². The summed E-state index contributed by atoms with van der Waals surface area (Å²) in [5.41, 5.74) is 0.595. The van der Waals surface area contributed by atoms with Gasteiger partial charge in [0.2, 0.25) is 11.1 Å². The van der Waals surface area contributed by atoms with Crippen molar-refractivity contribution in [3.05, 3.63) is 58.3 Å². The van der Waals surface area contributed by atoms with E-state index in [1.54, 1.807) is 23.5 Å². The van der Waals surface area contributed by atoms with Crippen molar-refractivity contribution >= 4 is 46.8 Å². The van der Waals surface area contributed by atoms with Gasteiger partial charge in [-0.3, -0.25) is 9.89 Å². The quantitative estimate of drug-likeness (QED) is 0.607. The molecule has 9 heteroatoms. The summed E-state index contributed by atoms with van der Waals surface area (Å²) < 4.78 is 13.9. The van der Waals surface area contributed by atoms with Gasteiger partial charge in [0.1, 0.15) is 11.6 Å². The molecule has 1 saturated heterocycles. The largest absolute Gasteiger partial charge is 0.366 e. The molecule has 4 rings (SSSR count). The van der Waals surface area contributed by atoms with E-state index in [9.17, 15) is 9.18 Å². The number of rotatable bonds is 6. The molecule has 0 bridgehead atoms. The molecule has 0 radical (unpaired) electrons. The third kappa shape index (κ3) is 5.04. The van der Waals surface area contributed by atoms with Gasteiger partial charge in [-0.1, -0.05) is 30.0 Å². The predicted molar refractivity (Wildman–Crippen MR) is 116 cm³/mol. The van der Waals surface area contributed by atoms with Crippen LogP contribution in [0, 0.1) is 5.82 Å². The number of thioether (sulfide) groups is 1. The lowest BCUT2D eigenvalue weighted by Gasteiger charge is -2.36. The number of aromatic nitrogens is 3. The number of piperazine rings is 1. The van der Waals surface area contributed by atoms with Gasteiger partial charge in [-0.25, -0.2) is 9.37 Å². The zero-order valence-corrected chi connectivity index (χ0v) is 17.3. The lowest BCUT2D eigenvalue weighted by Crippen LogP contribution is -2.49. The first-order valence-corrected chi connectivity index (χ1v) is 11.1. The van der Waals surface area contributed by atoms with E-state index in [-0.39, 0.29) is 17.5 Å². The first-order valence-electron chi connectivity index (χ1n) is 9.23. The molecule has 29 heavy (non-hydrogen) atoms. The molecular formula is C20H20FN5OS2. The molecule has 2 aromatic heterocycles. The zero-order chi connectivity index (χ0) is 20.1. The Labute approximate surface area is 176 Å². The predicted octanol–water partition coefficient (Wildman–Crippen LogP) is 3.62. The molecule has 0 spiro atoms. The highest BCUT2D eigenvalue weighted by molar-refractivity contribution is 7.99. The van der Waals surface area contributed by atoms with Crippen LogP contribution >= 0.6 is 23.1 Å². The second-order valence-electron chi connectivity index (χ2n) is 6.46. The molecule has 0 unspecified atom stereocenters. The van der Waals surface area contributed by atoms with E-state index in [1.165, 1.54) is 17.8 Å². The van der Waals surface area contributed by atoms with Crippen molar-refractivity contribution in [3.8, 4) is 0 Å². The number of anilines is 1. The van der Waals surface area contributed by atoms with Crippen molar-refractivity contribution in [1.29, 1.82) is 0 Å². The molecule has 1 aromatic carbocycles. The molecule has 1 fully saturated rings. The Kier molecular flexibility index (Phi) is 6.26. The number of amides is 1. The number of aromatic amines is 1. The molecule has 1 amide bonds. The maximum atomic E-state index is 13.9. The van der Waals surface area contributed by atoms with E-state index in [2.05, 4.69) is 15.2 Å². The summed E-state index contributed by atoms with van der Waals surface area (Å²) in [6.07, 6.45) is 3.84. The molecule has 150 valence electrons. The second-order valence-corrected chi connectivity index (χ2v) is 8.38. The minimum absolute atomic E-state index is 0.0451. The summed E-state index contributed by atoms with van der Waals surface area (Å²) in [5.74, 6) is 0.762. The minimum Gasteiger partial charge on any atom is -0.366 e. The maximum Gasteiger partial charge on any atom is 0.233 e. The van der Waals surface area contributed by atoms with Crippen LogP contribution in [0.4, 0.5) is 10.1 Å². The van der Waals surface area contributed by atoms with Crippen LogP contribution in [0.2, 0.25) is 0 Å². The Morgan fingerprint density at radius 1 is 1.17 bits per heavy atom. The van der Waals surface area contributed by atoms with Crippen LogP contribution in [0.5, 0.6) is 0 Å². The normalized spacial score (nSPS) is 14.7. The third-order valence-electron chi connectivity index (χ3n) is 4.58. The van der Waals surface area contributed by atoms with E-state index in [0.717, 1.165) is 4.88 Å². The number of nitrogens with one attached hydrogen (secondary N) is 1. The number of benzene rings is 1. The Morgan fingerprint density at radius 2 is 2.00 bits per heavy atom. The number of carbonyl (C=O) groups excluding carboxylic acids is 1. The minimum atomic E-state index is -0.226. The van der Waals surface area contributed by atoms with E-state index in [1.807, 2.05) is 45.5 Å². The van der Waals surface area contributed by atoms with E-state index < -0.39 is 0 Å². The number of nitrogens with zero attached hydrogens (tertiary/aromatic N) is 4. The Morgan fingerprint density at radius 3 is 2.76 bits per heavy atom. The van der Waals surface area contributed by atoms with Gasteiger partial charge in [0.15, 0.2) is 0 Å². The van der Waals surface area contributed by atoms with Gasteiger partial charge in [0.25, 0.3) is 0 Å². The smallest absolute Gasteiger partial charge is 0.233 e. The first kappa shape index (κ1) is 19.7. The molecule has 6 nitrogen and oxygen atoms in total. The number of para-hydroxylation sites is 1. The molecule has 3 aromatic rings. The van der Waals surface area contributed by atoms with E-state index in [0.29, 0.717) is 42.8 Å². The average molecular weight is 430 g/mol. The summed E-state index contributed by atoms with van der Waals surface area (Å²) in [7, 11) is 0. The summed E-state index contributed by atoms with van der Waals surface area (Å²) in [6.45, 7) is 2.40. The molecule has 3 heterocycles. The standard InChI is InChI=1S/C20H20FN5OS2/c21-16-5-1-2-6-17(16)25-9-11-26(12-10-25)19(27)14-29-20-22-18(23-24-20)8-7-15-4-3-13-28-15/h1-8,13H,9-12,14H2,(H,22,23,24)/b8-7+. The molecular weight excluding hydrogens is 409 g/mol. The number of carbonyl (C=O) groups is 1. The zero-order valence-electron chi connectivity index (χ0n) is 15.6. The summed E-state index contributed by atoms with van der Waals surface area (Å²) >= 11 is 2.97. The maximum absolute atomic E-state index is 13.9. The summed E-state index contributed by atoms with van der Waals surface area (Å²) in [4.78, 5) is 21.8. The van der Waals surface area contributed by atoms with Crippen LogP contribution in [0.15, 0.2) is 46.9 Å². The molecule has 1 aliphatic rings. The highest BCUT2D eigenvalue weighted by Gasteiger charge is 2.23. The van der Waals surface area contributed by atoms with Gasteiger partial charge in [0.05, 0.1) is 11.4 Å². The number of hydrogen-bond acceptors (Lipinski definition) is 6. The molecule has 0 aliphatic carbocycles. The molecule has 1 N–H and O–H groups in total. The van der Waals surface area contributed by atoms with Crippen molar-refractivity contribution in [3.63, 3.8) is 0 Å². The second kappa shape index (κ2) is 9.23. The van der Waals surface area contributed by atoms with Crippen LogP contribution in [0.1, 0.15) is 10.7 Å². The van der Waals surface area contributed by atoms with Crippen LogP contribution in [0.25, 0.3) is 12.2 Å². The van der Waals surface area contributed by atoms with Gasteiger partial charge < -0.3 is 9.80 Å². The van der Waals surface area contributed by atoms with E-state index in [4.69, 9.17) is 0 Å². The van der Waals surface area contributed by atoms with Gasteiger partial charge in [0, 0.05) is 31.1 Å². The van der Waals surface area contributed by atoms with Crippen LogP contribution in [0.3, 0.4) is 0 Å². The van der Waals surface area contributed by atoms with Crippen molar-refractivity contribution in [2.24, 2.45) is 0 Å². The number of H-pyrrole nitrogens is 1. The summed E-state index contributed by atoms with van der Waals surface area (Å²) in [5, 5.41) is 9.59. The Balaban J connectivity index is 1.25. The fourth-order valence-electron chi connectivity index (χ4n) is 3.07. The number of thiophene rings is 1. The van der Waals surface area contributed by atoms with Crippen LogP contribution in [-0.4, -0.2) is 57.9 Å². The molecule has 1 aliphatic heterocycles. The van der Waals surface area contributed by atoms with Gasteiger partial charge in [-0.15, -0.1) is 16.4 Å².